The molecule has 1 N–H and O–H groups in total. The molecule has 0 aliphatic heterocycles. The third-order valence-corrected chi connectivity index (χ3v) is 1.52. The number of allylic oxidation sites excluding steroid dienone is 1. The van der Waals surface area contributed by atoms with Crippen LogP contribution in [0.2, 0.25) is 0 Å². The van der Waals surface area contributed by atoms with Gasteiger partial charge in [0.25, 0.3) is 0 Å². The Morgan fingerprint density at radius 1 is 1.18 bits per heavy atom. The van der Waals surface area contributed by atoms with Gasteiger partial charge in [0.1, 0.15) is 0 Å². The fourth-order valence-corrected chi connectivity index (χ4v) is 0.697. The van der Waals surface area contributed by atoms with Crippen LogP contribution < -0.4 is 0 Å². The third kappa shape index (κ3) is 20.2. The van der Waals surface area contributed by atoms with Crippen LogP contribution >= 0.6 is 0 Å². The van der Waals surface area contributed by atoms with Crippen molar-refractivity contribution in [1.29, 1.82) is 0 Å². The van der Waals surface area contributed by atoms with Crippen LogP contribution in [0.3, 0.4) is 0 Å². The number of rotatable bonds is 7. The number of hydrogen-bond donors (Lipinski definition) is 1. The van der Waals surface area contributed by atoms with E-state index in [1.165, 1.54) is 13.0 Å². The largest absolute Gasteiger partial charge is 0.481 e. The average molecular weight is 242 g/mol. The van der Waals surface area contributed by atoms with Crippen LogP contribution in [0.15, 0.2) is 25.5 Å². The van der Waals surface area contributed by atoms with E-state index < -0.39 is 5.97 Å². The molecule has 0 fully saturated rings. The van der Waals surface area contributed by atoms with E-state index >= 15 is 0 Å². The number of ketones is 1. The zero-order valence-electron chi connectivity index (χ0n) is 9.98. The summed E-state index contributed by atoms with van der Waals surface area (Å²) in [6.45, 7) is 7.90. The molecule has 0 atom stereocenters. The number of ether oxygens (including phenoxy) is 1. The van der Waals surface area contributed by atoms with Crippen molar-refractivity contribution in [3.63, 3.8) is 0 Å². The van der Waals surface area contributed by atoms with Crippen molar-refractivity contribution in [3.05, 3.63) is 25.5 Å². The van der Waals surface area contributed by atoms with Gasteiger partial charge in [0.15, 0.2) is 5.78 Å². The zero-order chi connectivity index (χ0) is 13.7. The van der Waals surface area contributed by atoms with Gasteiger partial charge in [-0.25, -0.2) is 0 Å². The number of carboxylic acids is 1. The number of carbonyl (C=O) groups excluding carboxylic acids is 2. The fourth-order valence-electron chi connectivity index (χ4n) is 0.697. The smallest absolute Gasteiger partial charge is 0.310 e. The summed E-state index contributed by atoms with van der Waals surface area (Å²) < 4.78 is 4.43. The molecule has 0 spiro atoms. The number of hydrogen-bond acceptors (Lipinski definition) is 4. The maximum absolute atomic E-state index is 10.6. The highest BCUT2D eigenvalue weighted by atomic mass is 16.5. The summed E-state index contributed by atoms with van der Waals surface area (Å²) in [5.74, 6) is -1.19. The van der Waals surface area contributed by atoms with Crippen LogP contribution in [0.5, 0.6) is 0 Å². The number of esters is 1. The summed E-state index contributed by atoms with van der Waals surface area (Å²) in [4.78, 5) is 30.4. The molecule has 0 aliphatic carbocycles. The predicted molar refractivity (Wildman–Crippen MR) is 63.3 cm³/mol. The summed E-state index contributed by atoms with van der Waals surface area (Å²) >= 11 is 0. The molecule has 0 bridgehead atoms. The van der Waals surface area contributed by atoms with Gasteiger partial charge in [-0.2, -0.15) is 0 Å². The fraction of sp³-hybridized carbons (Fsp3) is 0.417. The minimum atomic E-state index is -0.841. The van der Waals surface area contributed by atoms with Crippen LogP contribution in [0.4, 0.5) is 0 Å². The Kier molecular flexibility index (Phi) is 12.5. The number of carbonyl (C=O) groups is 3. The van der Waals surface area contributed by atoms with E-state index in [0.717, 1.165) is 6.26 Å². The third-order valence-electron chi connectivity index (χ3n) is 1.52. The van der Waals surface area contributed by atoms with Crippen molar-refractivity contribution in [1.82, 2.24) is 0 Å². The lowest BCUT2D eigenvalue weighted by atomic mass is 10.2. The summed E-state index contributed by atoms with van der Waals surface area (Å²) in [5, 5.41) is 8.25. The van der Waals surface area contributed by atoms with Crippen molar-refractivity contribution >= 4 is 17.7 Å². The van der Waals surface area contributed by atoms with Crippen molar-refractivity contribution in [2.45, 2.75) is 32.6 Å². The molecule has 0 radical (unpaired) electrons. The van der Waals surface area contributed by atoms with Crippen LogP contribution in [0, 0.1) is 0 Å². The lowest BCUT2D eigenvalue weighted by Gasteiger charge is -1.97. The van der Waals surface area contributed by atoms with Gasteiger partial charge < -0.3 is 9.84 Å². The van der Waals surface area contributed by atoms with E-state index in [2.05, 4.69) is 17.9 Å². The summed E-state index contributed by atoms with van der Waals surface area (Å²) in [6, 6.07) is 0. The lowest BCUT2D eigenvalue weighted by molar-refractivity contribution is -0.139. The quantitative estimate of drug-likeness (QED) is 0.320. The molecule has 0 amide bonds. The topological polar surface area (TPSA) is 80.7 Å². The first-order valence-electron chi connectivity index (χ1n) is 5.09. The molecule has 0 rings (SSSR count). The Morgan fingerprint density at radius 3 is 2.00 bits per heavy atom. The first kappa shape index (κ1) is 17.5. The lowest BCUT2D eigenvalue weighted by Crippen LogP contribution is -2.00. The van der Waals surface area contributed by atoms with Gasteiger partial charge in [-0.3, -0.25) is 14.4 Å². The Bertz CT molecular complexity index is 281. The normalized spacial score (nSPS) is 8.29. The van der Waals surface area contributed by atoms with E-state index in [9.17, 15) is 14.4 Å². The maximum atomic E-state index is 10.6. The van der Waals surface area contributed by atoms with Crippen LogP contribution in [0.1, 0.15) is 32.6 Å². The second kappa shape index (κ2) is 12.2. The standard InChI is InChI=1S/C8H12O4.C4H6O/c1-2-12-8(11)6-4-3-5-7(9)10;1-3-4(2)5/h2H,1,3-6H2,(H,9,10);3H,1H2,2H3. The van der Waals surface area contributed by atoms with Crippen LogP contribution in [-0.2, 0) is 19.1 Å². The van der Waals surface area contributed by atoms with E-state index in [-0.39, 0.29) is 24.6 Å². The van der Waals surface area contributed by atoms with E-state index in [0.29, 0.717) is 12.8 Å². The van der Waals surface area contributed by atoms with Gasteiger partial charge in [-0.1, -0.05) is 13.2 Å². The van der Waals surface area contributed by atoms with E-state index in [4.69, 9.17) is 5.11 Å². The summed E-state index contributed by atoms with van der Waals surface area (Å²) in [5.41, 5.74) is 0. The Hall–Kier alpha value is -1.91. The van der Waals surface area contributed by atoms with Crippen molar-refractivity contribution in [2.75, 3.05) is 0 Å². The van der Waals surface area contributed by atoms with Crippen LogP contribution in [0.25, 0.3) is 0 Å². The molecule has 0 aromatic carbocycles. The number of unbranched alkanes of at least 4 members (excludes halogenated alkanes) is 1. The average Bonchev–Trinajstić information content (AvgIpc) is 2.25. The number of carboxylic acid groups (broad SMARTS) is 1. The Morgan fingerprint density at radius 2 is 1.65 bits per heavy atom. The number of aliphatic carboxylic acids is 1. The highest BCUT2D eigenvalue weighted by molar-refractivity contribution is 5.86. The Balaban J connectivity index is 0. The predicted octanol–water partition coefficient (Wildman–Crippen LogP) is 2.08. The molecule has 5 heteroatoms. The zero-order valence-corrected chi connectivity index (χ0v) is 9.98. The molecular weight excluding hydrogens is 224 g/mol. The van der Waals surface area contributed by atoms with Gasteiger partial charge in [0, 0.05) is 12.8 Å². The molecule has 0 saturated heterocycles. The first-order valence-corrected chi connectivity index (χ1v) is 5.09. The first-order chi connectivity index (χ1) is 7.93. The highest BCUT2D eigenvalue weighted by Crippen LogP contribution is 2.01. The molecule has 0 saturated carbocycles. The van der Waals surface area contributed by atoms with Gasteiger partial charge in [-0.15, -0.1) is 0 Å². The highest BCUT2D eigenvalue weighted by Gasteiger charge is 2.01. The Labute approximate surface area is 101 Å². The van der Waals surface area contributed by atoms with Crippen LogP contribution in [-0.4, -0.2) is 22.8 Å². The van der Waals surface area contributed by atoms with Crippen molar-refractivity contribution < 1.29 is 24.2 Å². The summed E-state index contributed by atoms with van der Waals surface area (Å²) in [7, 11) is 0. The van der Waals surface area contributed by atoms with E-state index in [1.807, 2.05) is 0 Å². The molecule has 0 aromatic rings. The molecular formula is C12H18O5. The van der Waals surface area contributed by atoms with Gasteiger partial charge in [-0.05, 0) is 25.8 Å². The molecule has 0 unspecified atom stereocenters. The second-order valence-corrected chi connectivity index (χ2v) is 3.07. The second-order valence-electron chi connectivity index (χ2n) is 3.07. The molecule has 17 heavy (non-hydrogen) atoms. The molecule has 96 valence electrons. The SMILES string of the molecule is C=CC(C)=O.C=COC(=O)CCCCC(=O)O. The monoisotopic (exact) mass is 242 g/mol. The van der Waals surface area contributed by atoms with E-state index in [1.54, 1.807) is 0 Å². The molecule has 0 heterocycles. The van der Waals surface area contributed by atoms with Gasteiger partial charge in [0.05, 0.1) is 6.26 Å². The minimum absolute atomic E-state index is 0.0185. The van der Waals surface area contributed by atoms with Crippen molar-refractivity contribution in [2.24, 2.45) is 0 Å². The molecule has 0 aliphatic rings. The minimum Gasteiger partial charge on any atom is -0.481 e. The van der Waals surface area contributed by atoms with Crippen molar-refractivity contribution in [3.8, 4) is 0 Å². The van der Waals surface area contributed by atoms with Gasteiger partial charge >= 0.3 is 11.9 Å². The molecule has 0 aromatic heterocycles. The summed E-state index contributed by atoms with van der Waals surface area (Å²) in [6.07, 6.45) is 3.74. The molecule has 5 nitrogen and oxygen atoms in total. The van der Waals surface area contributed by atoms with Gasteiger partial charge in [0.2, 0.25) is 0 Å². The maximum Gasteiger partial charge on any atom is 0.310 e.